The van der Waals surface area contributed by atoms with E-state index in [0.717, 1.165) is 5.75 Å². The summed E-state index contributed by atoms with van der Waals surface area (Å²) in [4.78, 5) is 23.0. The van der Waals surface area contributed by atoms with E-state index < -0.39 is 0 Å². The molecule has 64 valence electrons. The van der Waals surface area contributed by atoms with E-state index in [9.17, 15) is 9.59 Å². The van der Waals surface area contributed by atoms with Crippen molar-refractivity contribution in [1.82, 2.24) is 10.2 Å². The average Bonchev–Trinajstić information content (AvgIpc) is 2.13. The van der Waals surface area contributed by atoms with Gasteiger partial charge in [0.2, 0.25) is 6.41 Å². The van der Waals surface area contributed by atoms with E-state index in [1.165, 1.54) is 0 Å². The molecule has 5 heteroatoms. The van der Waals surface area contributed by atoms with Crippen molar-refractivity contribution in [1.29, 1.82) is 0 Å². The number of fused-ring (bicyclic) bond motifs is 1. The number of rotatable bonds is 2. The summed E-state index contributed by atoms with van der Waals surface area (Å²) in [5.74, 6) is 0.890. The molecule has 2 aliphatic heterocycles. The Labute approximate surface area is 74.0 Å². The summed E-state index contributed by atoms with van der Waals surface area (Å²) < 4.78 is 0. The predicted octanol–water partition coefficient (Wildman–Crippen LogP) is -0.470. The number of carbonyl (C=O) groups is 2. The van der Waals surface area contributed by atoms with Crippen LogP contribution < -0.4 is 5.32 Å². The Kier molecular flexibility index (Phi) is 1.80. The summed E-state index contributed by atoms with van der Waals surface area (Å²) in [6.45, 7) is 0. The molecule has 0 bridgehead atoms. The molecule has 12 heavy (non-hydrogen) atoms. The van der Waals surface area contributed by atoms with Crippen molar-refractivity contribution in [2.45, 2.75) is 11.4 Å². The molecule has 0 aromatic rings. The van der Waals surface area contributed by atoms with Crippen LogP contribution in [-0.4, -0.2) is 34.4 Å². The number of hydrogen-bond acceptors (Lipinski definition) is 3. The molecule has 0 radical (unpaired) electrons. The number of β-lactam (4-membered cyclic amide) rings is 1. The summed E-state index contributed by atoms with van der Waals surface area (Å²) >= 11 is 1.66. The third-order valence-corrected chi connectivity index (χ3v) is 3.18. The lowest BCUT2D eigenvalue weighted by Crippen LogP contribution is -2.67. The Morgan fingerprint density at radius 2 is 2.58 bits per heavy atom. The van der Waals surface area contributed by atoms with Gasteiger partial charge in [-0.25, -0.2) is 0 Å². The van der Waals surface area contributed by atoms with Crippen LogP contribution in [-0.2, 0) is 9.59 Å². The second-order valence-corrected chi connectivity index (χ2v) is 3.77. The second-order valence-electron chi connectivity index (χ2n) is 2.62. The molecular formula is C7H8N2O2S. The fourth-order valence-corrected chi connectivity index (χ4v) is 2.48. The second kappa shape index (κ2) is 2.82. The smallest absolute Gasteiger partial charge is 0.253 e. The zero-order valence-electron chi connectivity index (χ0n) is 6.27. The largest absolute Gasteiger partial charge is 0.344 e. The third-order valence-electron chi connectivity index (χ3n) is 1.96. The number of nitrogens with zero attached hydrogens (tertiary/aromatic N) is 1. The van der Waals surface area contributed by atoms with Crippen LogP contribution in [0, 0.1) is 0 Å². The van der Waals surface area contributed by atoms with E-state index in [1.54, 1.807) is 22.9 Å². The van der Waals surface area contributed by atoms with Gasteiger partial charge in [-0.3, -0.25) is 9.59 Å². The van der Waals surface area contributed by atoms with Gasteiger partial charge in [0.25, 0.3) is 5.91 Å². The molecule has 0 aromatic carbocycles. The van der Waals surface area contributed by atoms with E-state index in [-0.39, 0.29) is 17.3 Å². The molecule has 1 N–H and O–H groups in total. The maximum absolute atomic E-state index is 11.2. The number of amides is 2. The van der Waals surface area contributed by atoms with Gasteiger partial charge in [-0.15, -0.1) is 11.8 Å². The lowest BCUT2D eigenvalue weighted by atomic mass is 10.1. The molecule has 0 spiro atoms. The van der Waals surface area contributed by atoms with Crippen LogP contribution in [0.15, 0.2) is 12.3 Å². The van der Waals surface area contributed by atoms with Crippen molar-refractivity contribution in [3.63, 3.8) is 0 Å². The number of hydrogen-bond donors (Lipinski definition) is 1. The minimum Gasteiger partial charge on any atom is -0.344 e. The molecule has 2 amide bonds. The maximum Gasteiger partial charge on any atom is 0.253 e. The van der Waals surface area contributed by atoms with Crippen LogP contribution >= 0.6 is 11.8 Å². The highest BCUT2D eigenvalue weighted by Gasteiger charge is 2.47. The van der Waals surface area contributed by atoms with Crippen LogP contribution in [0.3, 0.4) is 0 Å². The van der Waals surface area contributed by atoms with Gasteiger partial charge in [-0.2, -0.15) is 0 Å². The summed E-state index contributed by atoms with van der Waals surface area (Å²) in [7, 11) is 0. The quantitative estimate of drug-likeness (QED) is 0.466. The van der Waals surface area contributed by atoms with Crippen LogP contribution in [0.25, 0.3) is 0 Å². The van der Waals surface area contributed by atoms with Gasteiger partial charge in [0.05, 0.1) is 0 Å². The zero-order valence-corrected chi connectivity index (χ0v) is 7.08. The number of carbonyl (C=O) groups excluding carboxylic acids is 2. The number of nitrogens with one attached hydrogen (secondary N) is 1. The zero-order chi connectivity index (χ0) is 8.55. The summed E-state index contributed by atoms with van der Waals surface area (Å²) in [5, 5.41) is 2.62. The SMILES string of the molecule is O=CN[C@H]1C(=O)N2C=CCS[C@H]12. The fourth-order valence-electron chi connectivity index (χ4n) is 1.36. The molecule has 1 saturated heterocycles. The minimum absolute atomic E-state index is 0.0180. The van der Waals surface area contributed by atoms with Crippen molar-refractivity contribution in [3.05, 3.63) is 12.3 Å². The van der Waals surface area contributed by atoms with Gasteiger partial charge in [-0.1, -0.05) is 6.08 Å². The van der Waals surface area contributed by atoms with Gasteiger partial charge in [-0.05, 0) is 0 Å². The lowest BCUT2D eigenvalue weighted by molar-refractivity contribution is -0.143. The highest BCUT2D eigenvalue weighted by Crippen LogP contribution is 2.32. The highest BCUT2D eigenvalue weighted by atomic mass is 32.2. The van der Waals surface area contributed by atoms with E-state index in [2.05, 4.69) is 5.32 Å². The van der Waals surface area contributed by atoms with Crippen LogP contribution in [0.2, 0.25) is 0 Å². The number of thioether (sulfide) groups is 1. The monoisotopic (exact) mass is 184 g/mol. The van der Waals surface area contributed by atoms with E-state index in [4.69, 9.17) is 0 Å². The van der Waals surface area contributed by atoms with Crippen LogP contribution in [0.4, 0.5) is 0 Å². The van der Waals surface area contributed by atoms with E-state index >= 15 is 0 Å². The van der Waals surface area contributed by atoms with Gasteiger partial charge >= 0.3 is 0 Å². The Hall–Kier alpha value is -0.970. The first-order chi connectivity index (χ1) is 5.84. The van der Waals surface area contributed by atoms with Crippen molar-refractivity contribution in [2.75, 3.05) is 5.75 Å². The summed E-state index contributed by atoms with van der Waals surface area (Å²) in [6, 6.07) is -0.308. The molecule has 2 aliphatic rings. The van der Waals surface area contributed by atoms with Gasteiger partial charge in [0.1, 0.15) is 11.4 Å². The molecular weight excluding hydrogens is 176 g/mol. The van der Waals surface area contributed by atoms with Gasteiger partial charge in [0, 0.05) is 12.0 Å². The Morgan fingerprint density at radius 1 is 1.75 bits per heavy atom. The highest BCUT2D eigenvalue weighted by molar-refractivity contribution is 8.00. The molecule has 2 rings (SSSR count). The third kappa shape index (κ3) is 0.929. The van der Waals surface area contributed by atoms with Crippen molar-refractivity contribution < 1.29 is 9.59 Å². The fraction of sp³-hybridized carbons (Fsp3) is 0.429. The molecule has 2 atom stereocenters. The molecule has 0 aliphatic carbocycles. The van der Waals surface area contributed by atoms with Crippen LogP contribution in [0.1, 0.15) is 0 Å². The molecule has 1 fully saturated rings. The van der Waals surface area contributed by atoms with Crippen molar-refractivity contribution >= 4 is 24.1 Å². The Balaban J connectivity index is 2.07. The van der Waals surface area contributed by atoms with Crippen LogP contribution in [0.5, 0.6) is 0 Å². The maximum atomic E-state index is 11.2. The normalized spacial score (nSPS) is 32.3. The standard InChI is InChI=1S/C7H8N2O2S/c10-4-8-5-6(11)9-2-1-3-12-7(5)9/h1-2,4-5,7H,3H2,(H,8,10)/t5-,7+/m0/s1. The molecule has 0 unspecified atom stereocenters. The topological polar surface area (TPSA) is 49.4 Å². The minimum atomic E-state index is -0.308. The Morgan fingerprint density at radius 3 is 3.33 bits per heavy atom. The first kappa shape index (κ1) is 7.67. The predicted molar refractivity (Wildman–Crippen MR) is 45.2 cm³/mol. The first-order valence-corrected chi connectivity index (χ1v) is 4.69. The van der Waals surface area contributed by atoms with E-state index in [0.29, 0.717) is 6.41 Å². The molecule has 2 heterocycles. The first-order valence-electron chi connectivity index (χ1n) is 3.65. The molecule has 0 aromatic heterocycles. The van der Waals surface area contributed by atoms with E-state index in [1.807, 2.05) is 6.08 Å². The van der Waals surface area contributed by atoms with Gasteiger partial charge in [0.15, 0.2) is 0 Å². The van der Waals surface area contributed by atoms with Crippen molar-refractivity contribution in [3.8, 4) is 0 Å². The molecule has 0 saturated carbocycles. The molecule has 4 nitrogen and oxygen atoms in total. The summed E-state index contributed by atoms with van der Waals surface area (Å²) in [5.41, 5.74) is 0. The lowest BCUT2D eigenvalue weighted by Gasteiger charge is -2.45. The Bertz CT molecular complexity index is 254. The summed E-state index contributed by atoms with van der Waals surface area (Å²) in [6.07, 6.45) is 4.31. The van der Waals surface area contributed by atoms with Crippen molar-refractivity contribution in [2.24, 2.45) is 0 Å². The average molecular weight is 184 g/mol. The van der Waals surface area contributed by atoms with Gasteiger partial charge < -0.3 is 10.2 Å².